The van der Waals surface area contributed by atoms with Crippen molar-refractivity contribution in [3.05, 3.63) is 0 Å². The van der Waals surface area contributed by atoms with E-state index in [4.69, 9.17) is 12.2 Å². The molecule has 0 amide bonds. The third kappa shape index (κ3) is 2.67. The van der Waals surface area contributed by atoms with Crippen molar-refractivity contribution in [3.63, 3.8) is 0 Å². The molecule has 0 radical (unpaired) electrons. The van der Waals surface area contributed by atoms with Gasteiger partial charge in [0.25, 0.3) is 0 Å². The highest BCUT2D eigenvalue weighted by molar-refractivity contribution is 7.80. The van der Waals surface area contributed by atoms with Crippen molar-refractivity contribution >= 4 is 22.9 Å². The molecule has 8 atom stereocenters. The molecule has 2 nitrogen and oxygen atoms in total. The fraction of sp³-hybridized carbons (Fsp3) is 0.913. The smallest absolute Gasteiger partial charge is 0.136 e. The predicted molar refractivity (Wildman–Crippen MR) is 109 cm³/mol. The molecule has 4 aliphatic carbocycles. The third-order valence-electron chi connectivity index (χ3n) is 9.21. The Balaban J connectivity index is 1.63. The monoisotopic (exact) mass is 376 g/mol. The number of rotatable bonds is 3. The zero-order chi connectivity index (χ0) is 18.7. The first-order valence-electron chi connectivity index (χ1n) is 11.0. The number of hydrogen-bond acceptors (Lipinski definition) is 3. The van der Waals surface area contributed by atoms with Crippen molar-refractivity contribution in [3.8, 4) is 0 Å². The van der Waals surface area contributed by atoms with Crippen LogP contribution in [0.2, 0.25) is 0 Å². The van der Waals surface area contributed by atoms with Gasteiger partial charge in [0.15, 0.2) is 0 Å². The van der Waals surface area contributed by atoms with Gasteiger partial charge in [0, 0.05) is 12.3 Å². The summed E-state index contributed by atoms with van der Waals surface area (Å²) in [5, 5.41) is 10.2. The summed E-state index contributed by atoms with van der Waals surface area (Å²) >= 11 is 6.10. The Labute approximate surface area is 164 Å². The van der Waals surface area contributed by atoms with Crippen LogP contribution in [0, 0.1) is 40.4 Å². The summed E-state index contributed by atoms with van der Waals surface area (Å²) < 4.78 is 0. The van der Waals surface area contributed by atoms with Crippen molar-refractivity contribution in [1.82, 2.24) is 0 Å². The van der Waals surface area contributed by atoms with E-state index in [0.29, 0.717) is 29.5 Å². The molecule has 146 valence electrons. The Morgan fingerprint density at radius 3 is 2.65 bits per heavy atom. The highest BCUT2D eigenvalue weighted by atomic mass is 32.1. The van der Waals surface area contributed by atoms with Crippen molar-refractivity contribution in [1.29, 1.82) is 0 Å². The van der Waals surface area contributed by atoms with Crippen LogP contribution >= 0.6 is 12.2 Å². The molecule has 0 heterocycles. The first-order valence-corrected chi connectivity index (χ1v) is 11.5. The maximum absolute atomic E-state index is 12.8. The van der Waals surface area contributed by atoms with E-state index in [0.717, 1.165) is 44.9 Å². The number of aliphatic hydroxyl groups is 1. The van der Waals surface area contributed by atoms with E-state index in [1.54, 1.807) is 0 Å². The SMILES string of the molecule is CCCC(=O)[C@H]1CCC2[C@@H]3CCC4C[C@H](O)CC[C@]4(C)[C@H]3C(=S)C[C@@]21C. The van der Waals surface area contributed by atoms with Gasteiger partial charge in [-0.15, -0.1) is 0 Å². The molecule has 0 aromatic heterocycles. The van der Waals surface area contributed by atoms with Crippen LogP contribution in [-0.2, 0) is 4.79 Å². The van der Waals surface area contributed by atoms with Gasteiger partial charge in [0.2, 0.25) is 0 Å². The van der Waals surface area contributed by atoms with Crippen LogP contribution in [0.4, 0.5) is 0 Å². The zero-order valence-corrected chi connectivity index (χ0v) is 17.6. The van der Waals surface area contributed by atoms with Gasteiger partial charge in [-0.3, -0.25) is 4.79 Å². The standard InChI is InChI=1S/C23H36O2S/c1-4-5-19(25)18-9-8-17-16-7-6-14-12-15(24)10-11-22(14,2)21(16)20(26)13-23(17,18)3/h14-18,21,24H,4-13H2,1-3H3/t14?,15-,16+,17?,18-,21-,22+,23+/m1/s1. The van der Waals surface area contributed by atoms with E-state index in [1.165, 1.54) is 24.1 Å². The molecular formula is C23H36O2S. The Morgan fingerprint density at radius 1 is 1.15 bits per heavy atom. The zero-order valence-electron chi connectivity index (χ0n) is 16.8. The predicted octanol–water partition coefficient (Wildman–Crippen LogP) is 5.36. The molecule has 4 aliphatic rings. The highest BCUT2D eigenvalue weighted by Crippen LogP contribution is 2.66. The molecule has 0 saturated heterocycles. The summed E-state index contributed by atoms with van der Waals surface area (Å²) in [6.07, 6.45) is 10.5. The van der Waals surface area contributed by atoms with Crippen LogP contribution in [0.3, 0.4) is 0 Å². The highest BCUT2D eigenvalue weighted by Gasteiger charge is 2.62. The van der Waals surface area contributed by atoms with E-state index in [1.807, 2.05) is 0 Å². The maximum atomic E-state index is 12.8. The lowest BCUT2D eigenvalue weighted by atomic mass is 9.44. The molecule has 0 aromatic rings. The van der Waals surface area contributed by atoms with E-state index >= 15 is 0 Å². The van der Waals surface area contributed by atoms with Gasteiger partial charge in [0.05, 0.1) is 6.10 Å². The first-order chi connectivity index (χ1) is 12.3. The van der Waals surface area contributed by atoms with Gasteiger partial charge in [-0.1, -0.05) is 33.0 Å². The summed E-state index contributed by atoms with van der Waals surface area (Å²) in [5.74, 6) is 3.27. The third-order valence-corrected chi connectivity index (χ3v) is 9.60. The second kappa shape index (κ2) is 6.65. The summed E-state index contributed by atoms with van der Waals surface area (Å²) in [6, 6.07) is 0. The van der Waals surface area contributed by atoms with Crippen LogP contribution in [-0.4, -0.2) is 21.9 Å². The van der Waals surface area contributed by atoms with E-state index in [2.05, 4.69) is 20.8 Å². The lowest BCUT2D eigenvalue weighted by Crippen LogP contribution is -2.57. The van der Waals surface area contributed by atoms with Crippen LogP contribution in [0.1, 0.15) is 85.0 Å². The fourth-order valence-corrected chi connectivity index (χ4v) is 8.75. The number of thiocarbonyl (C=S) groups is 1. The van der Waals surface area contributed by atoms with Crippen molar-refractivity contribution in [2.75, 3.05) is 0 Å². The van der Waals surface area contributed by atoms with Crippen molar-refractivity contribution < 1.29 is 9.90 Å². The van der Waals surface area contributed by atoms with E-state index < -0.39 is 0 Å². The number of carbonyl (C=O) groups excluding carboxylic acids is 1. The Morgan fingerprint density at radius 2 is 1.92 bits per heavy atom. The quantitative estimate of drug-likeness (QED) is 0.674. The molecule has 0 spiro atoms. The minimum absolute atomic E-state index is 0.102. The number of ketones is 1. The lowest BCUT2D eigenvalue weighted by Gasteiger charge is -2.61. The van der Waals surface area contributed by atoms with Gasteiger partial charge < -0.3 is 5.11 Å². The Hall–Kier alpha value is -0.280. The number of hydrogen-bond donors (Lipinski definition) is 1. The summed E-state index contributed by atoms with van der Waals surface area (Å²) in [7, 11) is 0. The molecule has 4 rings (SSSR count). The van der Waals surface area contributed by atoms with Crippen molar-refractivity contribution in [2.24, 2.45) is 40.4 Å². The van der Waals surface area contributed by atoms with Crippen LogP contribution < -0.4 is 0 Å². The largest absolute Gasteiger partial charge is 0.393 e. The average molecular weight is 377 g/mol. The molecule has 2 unspecified atom stereocenters. The number of carbonyl (C=O) groups is 1. The molecule has 3 heteroatoms. The minimum atomic E-state index is -0.102. The topological polar surface area (TPSA) is 37.3 Å². The second-order valence-corrected chi connectivity index (χ2v) is 11.0. The first kappa shape index (κ1) is 19.1. The summed E-state index contributed by atoms with van der Waals surface area (Å²) in [5.41, 5.74) is 0.397. The van der Waals surface area contributed by atoms with Crippen LogP contribution in [0.15, 0.2) is 0 Å². The van der Waals surface area contributed by atoms with Gasteiger partial charge in [-0.2, -0.15) is 0 Å². The molecule has 1 N–H and O–H groups in total. The molecule has 4 fully saturated rings. The van der Waals surface area contributed by atoms with E-state index in [-0.39, 0.29) is 22.9 Å². The summed E-state index contributed by atoms with van der Waals surface area (Å²) in [4.78, 5) is 14.1. The molecule has 0 aliphatic heterocycles. The summed E-state index contributed by atoms with van der Waals surface area (Å²) in [6.45, 7) is 6.99. The fourth-order valence-electron chi connectivity index (χ4n) is 8.00. The Kier molecular flexibility index (Phi) is 4.88. The van der Waals surface area contributed by atoms with Crippen LogP contribution in [0.25, 0.3) is 0 Å². The van der Waals surface area contributed by atoms with Gasteiger partial charge >= 0.3 is 0 Å². The lowest BCUT2D eigenvalue weighted by molar-refractivity contribution is -0.128. The minimum Gasteiger partial charge on any atom is -0.393 e. The van der Waals surface area contributed by atoms with Gasteiger partial charge in [0.1, 0.15) is 5.78 Å². The molecule has 4 saturated carbocycles. The van der Waals surface area contributed by atoms with Crippen molar-refractivity contribution in [2.45, 2.75) is 91.1 Å². The van der Waals surface area contributed by atoms with Crippen LogP contribution in [0.5, 0.6) is 0 Å². The van der Waals surface area contributed by atoms with E-state index in [9.17, 15) is 9.90 Å². The average Bonchev–Trinajstić information content (AvgIpc) is 2.92. The molecular weight excluding hydrogens is 340 g/mol. The van der Waals surface area contributed by atoms with Gasteiger partial charge in [-0.05, 0) is 97.2 Å². The maximum Gasteiger partial charge on any atom is 0.136 e. The Bertz CT molecular complexity index is 601. The number of fused-ring (bicyclic) bond motifs is 5. The molecule has 0 aromatic carbocycles. The number of aliphatic hydroxyl groups excluding tert-OH is 1. The second-order valence-electron chi connectivity index (χ2n) is 10.5. The normalized spacial score (nSPS) is 50.7. The molecule has 26 heavy (non-hydrogen) atoms. The number of Topliss-reactive ketones (excluding diaryl/α,β-unsaturated/α-hetero) is 1. The molecule has 0 bridgehead atoms. The van der Waals surface area contributed by atoms with Gasteiger partial charge in [-0.25, -0.2) is 0 Å².